The van der Waals surface area contributed by atoms with Crippen LogP contribution >= 0.6 is 0 Å². The Morgan fingerprint density at radius 3 is 2.32 bits per heavy atom. The Morgan fingerprint density at radius 1 is 1.12 bits per heavy atom. The molecule has 1 N–H and O–H groups in total. The van der Waals surface area contributed by atoms with E-state index in [2.05, 4.69) is 0 Å². The Hall–Kier alpha value is -2.89. The summed E-state index contributed by atoms with van der Waals surface area (Å²) >= 11 is 0. The number of aliphatic carboxylic acids is 1. The fourth-order valence-electron chi connectivity index (χ4n) is 3.04. The molecule has 1 aliphatic heterocycles. The highest BCUT2D eigenvalue weighted by Gasteiger charge is 2.55. The number of amides is 1. The van der Waals surface area contributed by atoms with Crippen LogP contribution in [-0.4, -0.2) is 40.8 Å². The first-order chi connectivity index (χ1) is 12.0. The molecule has 2 aromatic carbocycles. The van der Waals surface area contributed by atoms with Gasteiger partial charge in [0, 0.05) is 12.5 Å². The minimum Gasteiger partial charge on any atom is -0.479 e. The lowest BCUT2D eigenvalue weighted by Gasteiger charge is -2.21. The van der Waals surface area contributed by atoms with E-state index >= 15 is 4.39 Å². The van der Waals surface area contributed by atoms with Gasteiger partial charge in [0.05, 0.1) is 6.54 Å². The van der Waals surface area contributed by atoms with Gasteiger partial charge in [0.15, 0.2) is 0 Å². The monoisotopic (exact) mass is 343 g/mol. The fourth-order valence-corrected chi connectivity index (χ4v) is 3.04. The Balaban J connectivity index is 1.73. The van der Waals surface area contributed by atoms with Crippen LogP contribution in [0.25, 0.3) is 0 Å². The largest absolute Gasteiger partial charge is 0.479 e. The van der Waals surface area contributed by atoms with Gasteiger partial charge in [0.2, 0.25) is 5.67 Å². The molecule has 0 saturated carbocycles. The highest BCUT2D eigenvalue weighted by molar-refractivity contribution is 5.82. The van der Waals surface area contributed by atoms with E-state index in [1.165, 1.54) is 0 Å². The first kappa shape index (κ1) is 17.0. The van der Waals surface area contributed by atoms with Gasteiger partial charge in [0.25, 0.3) is 0 Å². The van der Waals surface area contributed by atoms with Crippen LogP contribution in [-0.2, 0) is 16.1 Å². The summed E-state index contributed by atoms with van der Waals surface area (Å²) in [5.41, 5.74) is -1.18. The summed E-state index contributed by atoms with van der Waals surface area (Å²) in [6.45, 7) is -0.519. The molecule has 0 bridgehead atoms. The average molecular weight is 343 g/mol. The minimum absolute atomic E-state index is 0.0412. The summed E-state index contributed by atoms with van der Waals surface area (Å²) in [5, 5.41) is 9.36. The molecule has 2 aromatic rings. The maximum Gasteiger partial charge on any atom is 0.410 e. The van der Waals surface area contributed by atoms with Crippen molar-refractivity contribution in [3.63, 3.8) is 0 Å². The van der Waals surface area contributed by atoms with Crippen LogP contribution < -0.4 is 0 Å². The van der Waals surface area contributed by atoms with Crippen molar-refractivity contribution in [2.75, 3.05) is 13.1 Å². The summed E-state index contributed by atoms with van der Waals surface area (Å²) in [4.78, 5) is 24.9. The number of benzene rings is 2. The fraction of sp³-hybridized carbons (Fsp3) is 0.263. The normalized spacial score (nSPS) is 22.6. The number of halogens is 1. The summed E-state index contributed by atoms with van der Waals surface area (Å²) in [5.74, 6) is -2.50. The molecule has 5 nitrogen and oxygen atoms in total. The zero-order valence-corrected chi connectivity index (χ0v) is 13.5. The zero-order valence-electron chi connectivity index (χ0n) is 13.5. The van der Waals surface area contributed by atoms with Gasteiger partial charge >= 0.3 is 12.1 Å². The number of hydrogen-bond donors (Lipinski definition) is 1. The number of ether oxygens (including phenoxy) is 1. The topological polar surface area (TPSA) is 66.8 Å². The number of likely N-dealkylation sites (tertiary alicyclic amines) is 1. The van der Waals surface area contributed by atoms with Gasteiger partial charge in [-0.15, -0.1) is 0 Å². The molecule has 1 saturated heterocycles. The molecular weight excluding hydrogens is 325 g/mol. The van der Waals surface area contributed by atoms with Crippen LogP contribution in [0.1, 0.15) is 17.0 Å². The van der Waals surface area contributed by atoms with E-state index in [9.17, 15) is 14.7 Å². The SMILES string of the molecule is O=C(OCc1ccccc1)N1C[C@@H](c2ccccc2)[C@@](F)(C(=O)O)C1. The quantitative estimate of drug-likeness (QED) is 0.926. The predicted molar refractivity (Wildman–Crippen MR) is 88.9 cm³/mol. The van der Waals surface area contributed by atoms with Crippen LogP contribution in [0.15, 0.2) is 60.7 Å². The van der Waals surface area contributed by atoms with Gasteiger partial charge in [-0.3, -0.25) is 0 Å². The first-order valence-corrected chi connectivity index (χ1v) is 7.93. The van der Waals surface area contributed by atoms with Crippen molar-refractivity contribution < 1.29 is 23.8 Å². The summed E-state index contributed by atoms with van der Waals surface area (Å²) in [7, 11) is 0. The standard InChI is InChI=1S/C19H18FNO4/c20-19(17(22)23)13-21(11-16(19)15-9-5-2-6-10-15)18(24)25-12-14-7-3-1-4-8-14/h1-10,16H,11-13H2,(H,22,23)/t16-,19+/m0/s1. The van der Waals surface area contributed by atoms with Crippen molar-refractivity contribution in [1.29, 1.82) is 0 Å². The molecule has 25 heavy (non-hydrogen) atoms. The molecule has 0 unspecified atom stereocenters. The molecule has 1 fully saturated rings. The maximum atomic E-state index is 15.1. The van der Waals surface area contributed by atoms with Gasteiger partial charge in [-0.1, -0.05) is 60.7 Å². The summed E-state index contributed by atoms with van der Waals surface area (Å²) < 4.78 is 20.3. The lowest BCUT2D eigenvalue weighted by Crippen LogP contribution is -2.41. The molecule has 130 valence electrons. The number of carboxylic acids is 1. The molecule has 1 heterocycles. The van der Waals surface area contributed by atoms with Crippen LogP contribution in [0.2, 0.25) is 0 Å². The van der Waals surface area contributed by atoms with Crippen molar-refractivity contribution in [2.45, 2.75) is 18.2 Å². The molecule has 3 rings (SSSR count). The summed E-state index contributed by atoms with van der Waals surface area (Å²) in [6, 6.07) is 17.6. The Kier molecular flexibility index (Phi) is 4.70. The van der Waals surface area contributed by atoms with Crippen LogP contribution in [0.3, 0.4) is 0 Å². The van der Waals surface area contributed by atoms with Crippen molar-refractivity contribution in [1.82, 2.24) is 4.90 Å². The third-order valence-corrected chi connectivity index (χ3v) is 4.40. The van der Waals surface area contributed by atoms with Crippen LogP contribution in [0.4, 0.5) is 9.18 Å². The third-order valence-electron chi connectivity index (χ3n) is 4.40. The Bertz CT molecular complexity index is 753. The molecular formula is C19H18FNO4. The minimum atomic E-state index is -2.53. The van der Waals surface area contributed by atoms with Gasteiger partial charge in [-0.05, 0) is 11.1 Å². The van der Waals surface area contributed by atoms with Crippen molar-refractivity contribution in [3.8, 4) is 0 Å². The van der Waals surface area contributed by atoms with Crippen molar-refractivity contribution in [3.05, 3.63) is 71.8 Å². The van der Waals surface area contributed by atoms with Crippen LogP contribution in [0.5, 0.6) is 0 Å². The number of carbonyl (C=O) groups excluding carboxylic acids is 1. The van der Waals surface area contributed by atoms with E-state index in [1.54, 1.807) is 42.5 Å². The molecule has 1 amide bonds. The Labute approximate surface area is 144 Å². The van der Waals surface area contributed by atoms with Crippen molar-refractivity contribution in [2.24, 2.45) is 0 Å². The van der Waals surface area contributed by atoms with E-state index in [1.807, 2.05) is 18.2 Å². The second-order valence-electron chi connectivity index (χ2n) is 6.05. The third kappa shape index (κ3) is 3.47. The number of hydrogen-bond acceptors (Lipinski definition) is 3. The summed E-state index contributed by atoms with van der Waals surface area (Å²) in [6.07, 6.45) is -0.717. The first-order valence-electron chi connectivity index (χ1n) is 7.93. The number of rotatable bonds is 4. The van der Waals surface area contributed by atoms with E-state index < -0.39 is 30.2 Å². The highest BCUT2D eigenvalue weighted by atomic mass is 19.1. The second kappa shape index (κ2) is 6.93. The van der Waals surface area contributed by atoms with E-state index in [-0.39, 0.29) is 13.2 Å². The number of nitrogens with zero attached hydrogens (tertiary/aromatic N) is 1. The molecule has 0 aromatic heterocycles. The van der Waals surface area contributed by atoms with E-state index in [4.69, 9.17) is 4.74 Å². The molecule has 6 heteroatoms. The number of alkyl halides is 1. The smallest absolute Gasteiger partial charge is 0.410 e. The Morgan fingerprint density at radius 2 is 1.72 bits per heavy atom. The average Bonchev–Trinajstić information content (AvgIpc) is 3.00. The molecule has 2 atom stereocenters. The van der Waals surface area contributed by atoms with Gasteiger partial charge < -0.3 is 14.7 Å². The van der Waals surface area contributed by atoms with Gasteiger partial charge in [-0.2, -0.15) is 0 Å². The predicted octanol–water partition coefficient (Wildman–Crippen LogP) is 3.22. The van der Waals surface area contributed by atoms with E-state index in [0.29, 0.717) is 5.56 Å². The number of carbonyl (C=O) groups is 2. The lowest BCUT2D eigenvalue weighted by molar-refractivity contribution is -0.150. The maximum absolute atomic E-state index is 15.1. The van der Waals surface area contributed by atoms with Gasteiger partial charge in [0.1, 0.15) is 6.61 Å². The highest BCUT2D eigenvalue weighted by Crippen LogP contribution is 2.39. The molecule has 0 aliphatic carbocycles. The molecule has 0 spiro atoms. The zero-order chi connectivity index (χ0) is 17.9. The van der Waals surface area contributed by atoms with Gasteiger partial charge in [-0.25, -0.2) is 14.0 Å². The molecule has 1 aliphatic rings. The van der Waals surface area contributed by atoms with Crippen molar-refractivity contribution >= 4 is 12.1 Å². The van der Waals surface area contributed by atoms with E-state index in [0.717, 1.165) is 10.5 Å². The number of carboxylic acid groups (broad SMARTS) is 1. The lowest BCUT2D eigenvalue weighted by atomic mass is 9.86. The van der Waals surface area contributed by atoms with Crippen LogP contribution in [0, 0.1) is 0 Å². The molecule has 0 radical (unpaired) electrons. The second-order valence-corrected chi connectivity index (χ2v) is 6.05.